The molecule has 8 fully saturated rings. The van der Waals surface area contributed by atoms with Crippen LogP contribution in [-0.4, -0.2) is 224 Å². The fraction of sp³-hybridized carbons (Fsp3) is 0.938. The van der Waals surface area contributed by atoms with Gasteiger partial charge in [-0.25, -0.2) is 0 Å². The number of likely N-dealkylation sites (tertiary alicyclic amines) is 6. The predicted molar refractivity (Wildman–Crippen MR) is 345 cm³/mol. The summed E-state index contributed by atoms with van der Waals surface area (Å²) in [5, 5.41) is 0. The van der Waals surface area contributed by atoms with E-state index in [1.165, 1.54) is 116 Å². The highest BCUT2D eigenvalue weighted by Gasteiger charge is 2.16. The van der Waals surface area contributed by atoms with Crippen LogP contribution in [0.5, 0.6) is 0 Å². The number of amides is 4. The first-order valence-electron chi connectivity index (χ1n) is 32.7. The Morgan fingerprint density at radius 1 is 0.218 bits per heavy atom. The summed E-state index contributed by atoms with van der Waals surface area (Å²) in [6, 6.07) is 0. The van der Waals surface area contributed by atoms with Gasteiger partial charge >= 0.3 is 0 Å². The SMILES string of the molecule is CC.CC.CC.CC.CC.CC.CC.CC.CN1CCCC1=O.CN1CCCC1=O.CN1CCCCC1.CN1CCCCC1=O.CN1CCCCCC1.CN1CCCCCC1=O.CN1CCCOCC1.CN1CCCOCC1. The first-order valence-corrected chi connectivity index (χ1v) is 32.7. The van der Waals surface area contributed by atoms with E-state index in [1.54, 1.807) is 14.7 Å². The van der Waals surface area contributed by atoms with Gasteiger partial charge < -0.3 is 48.7 Å². The number of ether oxygens (including phenoxy) is 2. The molecule has 0 bridgehead atoms. The average Bonchev–Trinajstić information content (AvgIpc) is 3.70. The zero-order valence-electron chi connectivity index (χ0n) is 57.5. The van der Waals surface area contributed by atoms with Gasteiger partial charge in [0.05, 0.1) is 13.2 Å². The van der Waals surface area contributed by atoms with Crippen molar-refractivity contribution in [1.29, 1.82) is 0 Å². The Hall–Kier alpha value is -2.36. The molecule has 0 aromatic rings. The van der Waals surface area contributed by atoms with Gasteiger partial charge in [-0.05, 0) is 131 Å². The molecule has 8 rings (SSSR count). The molecule has 8 saturated heterocycles. The van der Waals surface area contributed by atoms with Gasteiger partial charge in [-0.1, -0.05) is 136 Å². The molecule has 476 valence electrons. The van der Waals surface area contributed by atoms with E-state index in [0.29, 0.717) is 23.6 Å². The number of nitrogens with zero attached hydrogens (tertiary/aromatic N) is 8. The number of hydrogen-bond acceptors (Lipinski definition) is 10. The van der Waals surface area contributed by atoms with Crippen molar-refractivity contribution in [3.63, 3.8) is 0 Å². The van der Waals surface area contributed by atoms with Gasteiger partial charge in [-0.3, -0.25) is 19.2 Å². The summed E-state index contributed by atoms with van der Waals surface area (Å²) in [6.07, 6.45) is 23.3. The van der Waals surface area contributed by atoms with Crippen LogP contribution in [-0.2, 0) is 28.7 Å². The number of rotatable bonds is 0. The Labute approximate surface area is 490 Å². The van der Waals surface area contributed by atoms with Gasteiger partial charge in [0.2, 0.25) is 23.6 Å². The van der Waals surface area contributed by atoms with Crippen LogP contribution in [0.4, 0.5) is 0 Å². The molecule has 8 heterocycles. The van der Waals surface area contributed by atoms with Crippen LogP contribution in [0.2, 0.25) is 0 Å². The largest absolute Gasteiger partial charge is 0.380 e. The molecule has 0 aliphatic carbocycles. The standard InChI is InChI=1S/C7H13NO.C7H15N.2C6H13NO.C6H11NO.C6H13N.2C5H9NO.8C2H6/c1-8-6-4-2-3-5-7(8)9;1-8-6-4-2-3-5-7-8;2*1-7-3-2-5-8-6-4-7;1-7-5-3-2-4-6(7)8;1-7-5-3-2-4-6-7;2*1-6-4-2-3-5(6)7;8*1-2/h2-6H2,1H3;2-7H2,1H3;2*2-6H2,1H3;2-5H2,1H3;2-6H2,1H3;2*2-4H2,1H3;8*1-2H3. The van der Waals surface area contributed by atoms with Crippen molar-refractivity contribution in [2.24, 2.45) is 0 Å². The first-order chi connectivity index (χ1) is 37.8. The number of piperidine rings is 2. The van der Waals surface area contributed by atoms with Gasteiger partial charge in [-0.2, -0.15) is 0 Å². The third kappa shape index (κ3) is 67.9. The van der Waals surface area contributed by atoms with E-state index in [4.69, 9.17) is 9.47 Å². The van der Waals surface area contributed by atoms with Crippen molar-refractivity contribution < 1.29 is 28.7 Å². The molecular weight excluding hydrogens is 977 g/mol. The molecule has 0 radical (unpaired) electrons. The zero-order valence-corrected chi connectivity index (χ0v) is 57.5. The number of likely N-dealkylation sites (N-methyl/N-ethyl adjacent to an activating group) is 2. The summed E-state index contributed by atoms with van der Waals surface area (Å²) in [6.45, 7) is 49.4. The second kappa shape index (κ2) is 78.9. The molecule has 0 saturated carbocycles. The van der Waals surface area contributed by atoms with Crippen LogP contribution in [0.3, 0.4) is 0 Å². The van der Waals surface area contributed by atoms with Crippen molar-refractivity contribution in [2.75, 3.05) is 161 Å². The van der Waals surface area contributed by atoms with Crippen molar-refractivity contribution in [2.45, 2.75) is 239 Å². The maximum atomic E-state index is 10.9. The summed E-state index contributed by atoms with van der Waals surface area (Å²) in [5.41, 5.74) is 0. The molecule has 78 heavy (non-hydrogen) atoms. The molecule has 0 aromatic carbocycles. The smallest absolute Gasteiger partial charge is 0.222 e. The van der Waals surface area contributed by atoms with Gasteiger partial charge in [0.1, 0.15) is 0 Å². The second-order valence-electron chi connectivity index (χ2n) is 18.4. The second-order valence-corrected chi connectivity index (χ2v) is 18.4. The molecule has 0 spiro atoms. The predicted octanol–water partition coefficient (Wildman–Crippen LogP) is 13.6. The summed E-state index contributed by atoms with van der Waals surface area (Å²) in [7, 11) is 16.1. The van der Waals surface area contributed by atoms with Crippen LogP contribution in [0.1, 0.15) is 239 Å². The minimum Gasteiger partial charge on any atom is -0.380 e. The third-order valence-electron chi connectivity index (χ3n) is 12.3. The molecule has 0 unspecified atom stereocenters. The van der Waals surface area contributed by atoms with Crippen molar-refractivity contribution in [3.8, 4) is 0 Å². The molecule has 8 aliphatic heterocycles. The van der Waals surface area contributed by atoms with Crippen LogP contribution in [0, 0.1) is 0 Å². The van der Waals surface area contributed by atoms with Crippen LogP contribution < -0.4 is 0 Å². The van der Waals surface area contributed by atoms with E-state index < -0.39 is 0 Å². The maximum Gasteiger partial charge on any atom is 0.222 e. The number of hydrogen-bond donors (Lipinski definition) is 0. The van der Waals surface area contributed by atoms with E-state index in [2.05, 4.69) is 47.8 Å². The molecule has 0 N–H and O–H groups in total. The summed E-state index contributed by atoms with van der Waals surface area (Å²) in [5.74, 6) is 1.20. The van der Waals surface area contributed by atoms with E-state index in [9.17, 15) is 19.2 Å². The topological polar surface area (TPSA) is 113 Å². The Kier molecular flexibility index (Phi) is 93.1. The Bertz CT molecular complexity index is 1060. The summed E-state index contributed by atoms with van der Waals surface area (Å²) < 4.78 is 10.4. The van der Waals surface area contributed by atoms with Crippen molar-refractivity contribution in [1.82, 2.24) is 39.2 Å². The zero-order chi connectivity index (χ0) is 61.8. The molecule has 0 aromatic heterocycles. The fourth-order valence-corrected chi connectivity index (χ4v) is 7.65. The normalized spacial score (nSPS) is 19.2. The molecular formula is C64H144N8O6. The molecule has 4 amide bonds. The quantitative estimate of drug-likeness (QED) is 0.232. The van der Waals surface area contributed by atoms with Crippen molar-refractivity contribution >= 4 is 23.6 Å². The van der Waals surface area contributed by atoms with Crippen LogP contribution in [0.25, 0.3) is 0 Å². The highest BCUT2D eigenvalue weighted by molar-refractivity contribution is 5.78. The van der Waals surface area contributed by atoms with E-state index in [0.717, 1.165) is 117 Å². The van der Waals surface area contributed by atoms with E-state index in [-0.39, 0.29) is 0 Å². The lowest BCUT2D eigenvalue weighted by Crippen LogP contribution is -2.31. The summed E-state index contributed by atoms with van der Waals surface area (Å²) in [4.78, 5) is 59.2. The Morgan fingerprint density at radius 3 is 0.692 bits per heavy atom. The lowest BCUT2D eigenvalue weighted by Gasteiger charge is -2.21. The number of carbonyl (C=O) groups excluding carboxylic acids is 4. The van der Waals surface area contributed by atoms with Crippen molar-refractivity contribution in [3.05, 3.63) is 0 Å². The first kappa shape index (κ1) is 92.1. The van der Waals surface area contributed by atoms with E-state index >= 15 is 0 Å². The van der Waals surface area contributed by atoms with Crippen LogP contribution >= 0.6 is 0 Å². The lowest BCUT2D eigenvalue weighted by molar-refractivity contribution is -0.132. The minimum absolute atomic E-state index is 0.292. The monoisotopic (exact) mass is 1120 g/mol. The minimum atomic E-state index is 0.292. The highest BCUT2D eigenvalue weighted by atomic mass is 16.5. The van der Waals surface area contributed by atoms with Gasteiger partial charge in [0, 0.05) is 119 Å². The number of carbonyl (C=O) groups is 4. The van der Waals surface area contributed by atoms with Crippen LogP contribution in [0.15, 0.2) is 0 Å². The molecule has 14 nitrogen and oxygen atoms in total. The van der Waals surface area contributed by atoms with Gasteiger partial charge in [0.25, 0.3) is 0 Å². The third-order valence-corrected chi connectivity index (χ3v) is 12.3. The molecule has 0 atom stereocenters. The molecule has 8 aliphatic rings. The van der Waals surface area contributed by atoms with E-state index in [1.807, 2.05) is 144 Å². The van der Waals surface area contributed by atoms with Gasteiger partial charge in [0.15, 0.2) is 0 Å². The Morgan fingerprint density at radius 2 is 0.410 bits per heavy atom. The molecule has 14 heteroatoms. The summed E-state index contributed by atoms with van der Waals surface area (Å²) >= 11 is 0. The maximum absolute atomic E-state index is 10.9. The van der Waals surface area contributed by atoms with Gasteiger partial charge in [-0.15, -0.1) is 0 Å². The fourth-order valence-electron chi connectivity index (χ4n) is 7.65. The Balaban J connectivity index is -0.000000115. The lowest BCUT2D eigenvalue weighted by atomic mass is 10.1. The highest BCUT2D eigenvalue weighted by Crippen LogP contribution is 2.10. The average molecular weight is 1120 g/mol.